The number of hydrogen-bond donors (Lipinski definition) is 1. The second-order valence-electron chi connectivity index (χ2n) is 5.58. The van der Waals surface area contributed by atoms with Crippen LogP contribution in [0.4, 0.5) is 15.8 Å². The van der Waals surface area contributed by atoms with Gasteiger partial charge in [-0.2, -0.15) is 0 Å². The molecule has 0 saturated heterocycles. The zero-order valence-corrected chi connectivity index (χ0v) is 15.7. The van der Waals surface area contributed by atoms with Crippen molar-refractivity contribution >= 4 is 28.1 Å². The molecule has 27 heavy (non-hydrogen) atoms. The standard InChI is InChI=1S/C18H16FN3O3.C2H6.H2/c1-11-3-4-14(13(19)7-11)21-15-9-20-8-12-5-6-22(10-16(23)25-2)18(24)17(12)15;1-2;/h3-9,21H,10H2,1-2H3;1-2H3;1H. The molecular weight excluding hydrogens is 349 g/mol. The van der Waals surface area contributed by atoms with Gasteiger partial charge in [-0.15, -0.1) is 0 Å². The van der Waals surface area contributed by atoms with Gasteiger partial charge in [-0.05, 0) is 30.7 Å². The average molecular weight is 373 g/mol. The summed E-state index contributed by atoms with van der Waals surface area (Å²) < 4.78 is 19.9. The maximum absolute atomic E-state index is 14.1. The van der Waals surface area contributed by atoms with Crippen LogP contribution in [-0.4, -0.2) is 22.6 Å². The van der Waals surface area contributed by atoms with E-state index in [4.69, 9.17) is 0 Å². The Hall–Kier alpha value is -3.22. The van der Waals surface area contributed by atoms with Crippen LogP contribution >= 0.6 is 0 Å². The Labute approximate surface area is 158 Å². The Kier molecular flexibility index (Phi) is 6.65. The lowest BCUT2D eigenvalue weighted by Gasteiger charge is -2.12. The molecule has 0 unspecified atom stereocenters. The zero-order chi connectivity index (χ0) is 20.0. The molecule has 0 fully saturated rings. The van der Waals surface area contributed by atoms with Gasteiger partial charge in [-0.1, -0.05) is 19.9 Å². The number of rotatable bonds is 4. The van der Waals surface area contributed by atoms with Crippen LogP contribution in [0.5, 0.6) is 0 Å². The number of carbonyl (C=O) groups is 1. The van der Waals surface area contributed by atoms with E-state index in [9.17, 15) is 14.0 Å². The lowest BCUT2D eigenvalue weighted by atomic mass is 10.1. The second kappa shape index (κ2) is 8.93. The molecule has 144 valence electrons. The number of nitrogens with one attached hydrogen (secondary N) is 1. The van der Waals surface area contributed by atoms with E-state index in [-0.39, 0.29) is 19.2 Å². The van der Waals surface area contributed by atoms with E-state index in [1.165, 1.54) is 36.3 Å². The lowest BCUT2D eigenvalue weighted by Crippen LogP contribution is -2.24. The quantitative estimate of drug-likeness (QED) is 0.699. The minimum atomic E-state index is -0.533. The van der Waals surface area contributed by atoms with E-state index < -0.39 is 11.8 Å². The number of esters is 1. The number of carbonyl (C=O) groups excluding carboxylic acids is 1. The minimum Gasteiger partial charge on any atom is -0.468 e. The zero-order valence-electron chi connectivity index (χ0n) is 15.7. The van der Waals surface area contributed by atoms with Crippen molar-refractivity contribution in [3.8, 4) is 0 Å². The predicted octanol–water partition coefficient (Wildman–Crippen LogP) is 4.03. The maximum atomic E-state index is 14.1. The van der Waals surface area contributed by atoms with E-state index in [1.54, 1.807) is 25.1 Å². The highest BCUT2D eigenvalue weighted by Gasteiger charge is 2.12. The minimum absolute atomic E-state index is 0. The number of nitrogens with zero attached hydrogens (tertiary/aromatic N) is 2. The van der Waals surface area contributed by atoms with E-state index >= 15 is 0 Å². The molecule has 2 aromatic heterocycles. The summed E-state index contributed by atoms with van der Waals surface area (Å²) in [6.07, 6.45) is 4.49. The first-order valence-corrected chi connectivity index (χ1v) is 8.56. The van der Waals surface area contributed by atoms with Crippen molar-refractivity contribution in [2.24, 2.45) is 0 Å². The highest BCUT2D eigenvalue weighted by molar-refractivity contribution is 5.93. The van der Waals surface area contributed by atoms with Crippen LogP contribution in [0.2, 0.25) is 0 Å². The first-order valence-electron chi connectivity index (χ1n) is 8.56. The van der Waals surface area contributed by atoms with Gasteiger partial charge in [-0.3, -0.25) is 14.6 Å². The molecule has 0 saturated carbocycles. The smallest absolute Gasteiger partial charge is 0.325 e. The number of aryl methyl sites for hydroxylation is 1. The van der Waals surface area contributed by atoms with Crippen molar-refractivity contribution in [2.75, 3.05) is 12.4 Å². The van der Waals surface area contributed by atoms with Gasteiger partial charge in [0.05, 0.1) is 30.1 Å². The summed E-state index contributed by atoms with van der Waals surface area (Å²) in [7, 11) is 1.26. The Bertz CT molecular complexity index is 1020. The highest BCUT2D eigenvalue weighted by atomic mass is 19.1. The van der Waals surface area contributed by atoms with Gasteiger partial charge in [0.15, 0.2) is 0 Å². The van der Waals surface area contributed by atoms with E-state index in [0.717, 1.165) is 5.56 Å². The fourth-order valence-corrected chi connectivity index (χ4v) is 2.51. The summed E-state index contributed by atoms with van der Waals surface area (Å²) in [4.78, 5) is 28.3. The van der Waals surface area contributed by atoms with E-state index in [1.807, 2.05) is 13.8 Å². The summed E-state index contributed by atoms with van der Waals surface area (Å²) in [5.74, 6) is -0.961. The normalized spacial score (nSPS) is 10.1. The number of methoxy groups -OCH3 is 1. The van der Waals surface area contributed by atoms with Crippen molar-refractivity contribution < 1.29 is 15.3 Å². The summed E-state index contributed by atoms with van der Waals surface area (Å²) in [5, 5.41) is 3.82. The average Bonchev–Trinajstić information content (AvgIpc) is 2.67. The Morgan fingerprint density at radius 2 is 2.00 bits per heavy atom. The molecule has 3 aromatic rings. The molecule has 0 aliphatic carbocycles. The molecule has 0 bridgehead atoms. The van der Waals surface area contributed by atoms with Crippen LogP contribution in [0.15, 0.2) is 47.7 Å². The molecule has 0 radical (unpaired) electrons. The number of fused-ring (bicyclic) bond motifs is 1. The summed E-state index contributed by atoms with van der Waals surface area (Å²) in [6.45, 7) is 5.59. The molecule has 0 amide bonds. The third kappa shape index (κ3) is 4.49. The van der Waals surface area contributed by atoms with E-state index in [0.29, 0.717) is 16.5 Å². The molecule has 1 aromatic carbocycles. The third-order valence-corrected chi connectivity index (χ3v) is 3.81. The molecule has 1 N–H and O–H groups in total. The Morgan fingerprint density at radius 3 is 2.67 bits per heavy atom. The number of halogens is 1. The van der Waals surface area contributed by atoms with Gasteiger partial charge in [0.25, 0.3) is 5.56 Å². The summed E-state index contributed by atoms with van der Waals surface area (Å²) in [6, 6.07) is 6.43. The molecule has 0 aliphatic rings. The van der Waals surface area contributed by atoms with Gasteiger partial charge in [-0.25, -0.2) is 4.39 Å². The fraction of sp³-hybridized carbons (Fsp3) is 0.250. The summed E-state index contributed by atoms with van der Waals surface area (Å²) >= 11 is 0. The Morgan fingerprint density at radius 1 is 1.26 bits per heavy atom. The monoisotopic (exact) mass is 373 g/mol. The fourth-order valence-electron chi connectivity index (χ4n) is 2.51. The molecular formula is C20H24FN3O3. The van der Waals surface area contributed by atoms with Gasteiger partial charge in [0.2, 0.25) is 0 Å². The van der Waals surface area contributed by atoms with Gasteiger partial charge in [0, 0.05) is 19.2 Å². The SMILES string of the molecule is CC.COC(=O)Cn1ccc2cncc(Nc3ccc(C)cc3F)c2c1=O.[HH]. The molecule has 3 rings (SSSR count). The molecule has 6 nitrogen and oxygen atoms in total. The highest BCUT2D eigenvalue weighted by Crippen LogP contribution is 2.25. The predicted molar refractivity (Wildman–Crippen MR) is 106 cm³/mol. The van der Waals surface area contributed by atoms with Crippen molar-refractivity contribution in [1.82, 2.24) is 9.55 Å². The number of aromatic nitrogens is 2. The van der Waals surface area contributed by atoms with Crippen molar-refractivity contribution in [3.05, 3.63) is 64.6 Å². The van der Waals surface area contributed by atoms with Gasteiger partial charge < -0.3 is 14.6 Å². The number of pyridine rings is 2. The van der Waals surface area contributed by atoms with E-state index in [2.05, 4.69) is 15.0 Å². The number of anilines is 2. The van der Waals surface area contributed by atoms with Crippen LogP contribution < -0.4 is 10.9 Å². The second-order valence-corrected chi connectivity index (χ2v) is 5.58. The largest absolute Gasteiger partial charge is 0.468 e. The number of ether oxygens (including phenoxy) is 1. The maximum Gasteiger partial charge on any atom is 0.325 e. The van der Waals surface area contributed by atoms with Crippen LogP contribution in [-0.2, 0) is 16.1 Å². The van der Waals surface area contributed by atoms with Crippen LogP contribution in [0, 0.1) is 12.7 Å². The van der Waals surface area contributed by atoms with Crippen molar-refractivity contribution in [3.63, 3.8) is 0 Å². The van der Waals surface area contributed by atoms with Crippen molar-refractivity contribution in [2.45, 2.75) is 27.3 Å². The number of hydrogen-bond acceptors (Lipinski definition) is 5. The summed E-state index contributed by atoms with van der Waals surface area (Å²) in [5.41, 5.74) is 1.01. The van der Waals surface area contributed by atoms with Crippen LogP contribution in [0.25, 0.3) is 10.8 Å². The first kappa shape index (κ1) is 20.1. The third-order valence-electron chi connectivity index (χ3n) is 3.81. The molecule has 7 heteroatoms. The molecule has 0 spiro atoms. The molecule has 0 aliphatic heterocycles. The van der Waals surface area contributed by atoms with Crippen LogP contribution in [0.3, 0.4) is 0 Å². The Balaban J connectivity index is 0.00000127. The first-order chi connectivity index (χ1) is 13.0. The lowest BCUT2D eigenvalue weighted by molar-refractivity contribution is -0.141. The number of benzene rings is 1. The topological polar surface area (TPSA) is 73.2 Å². The molecule has 0 atom stereocenters. The van der Waals surface area contributed by atoms with Crippen molar-refractivity contribution in [1.29, 1.82) is 0 Å². The molecule has 2 heterocycles. The van der Waals surface area contributed by atoms with Gasteiger partial charge in [0.1, 0.15) is 12.4 Å². The van der Waals surface area contributed by atoms with Crippen LogP contribution in [0.1, 0.15) is 20.8 Å². The van der Waals surface area contributed by atoms with Gasteiger partial charge >= 0.3 is 5.97 Å².